The predicted molar refractivity (Wildman–Crippen MR) is 247 cm³/mol. The molecule has 0 aliphatic carbocycles. The number of hydrogen-bond acceptors (Lipinski definition) is 3. The molecule has 58 heavy (non-hydrogen) atoms. The highest BCUT2D eigenvalue weighted by Crippen LogP contribution is 2.48. The molecule has 0 atom stereocenters. The zero-order chi connectivity index (χ0) is 38.2. The maximum absolute atomic E-state index is 6.41. The number of thiophene rings is 1. The van der Waals surface area contributed by atoms with Crippen molar-refractivity contribution in [2.45, 2.75) is 0 Å². The van der Waals surface area contributed by atoms with Gasteiger partial charge in [-0.2, -0.15) is 0 Å². The minimum absolute atomic E-state index is 0.878. The van der Waals surface area contributed by atoms with E-state index in [1.54, 1.807) is 0 Å². The van der Waals surface area contributed by atoms with E-state index in [9.17, 15) is 0 Å². The van der Waals surface area contributed by atoms with Crippen LogP contribution in [0.3, 0.4) is 0 Å². The van der Waals surface area contributed by atoms with Gasteiger partial charge in [-0.05, 0) is 77.4 Å². The highest BCUT2D eigenvalue weighted by Gasteiger charge is 2.22. The Bertz CT molecular complexity index is 3460. The number of para-hydroxylation sites is 4. The molecule has 0 unspecified atom stereocenters. The average Bonchev–Trinajstić information content (AvgIpc) is 3.97. The third kappa shape index (κ3) is 5.05. The van der Waals surface area contributed by atoms with Gasteiger partial charge >= 0.3 is 0 Å². The van der Waals surface area contributed by atoms with Crippen LogP contribution in [0, 0.1) is 0 Å². The standard InChI is InChI=1S/C54H34N2OS/c1-6-19-45(56-46-20-7-2-14-40(46)41-15-3-8-21-47(41)56)39(13-1)37-29-27-35(28-30-37)36-31-33-38(34-32-36)55(48-22-12-25-51-53(48)44-17-4-9-24-50(44)57-51)49-23-11-18-43-42-16-5-10-26-52(42)58-54(43)49/h1-34H. The largest absolute Gasteiger partial charge is 0.456 e. The lowest BCUT2D eigenvalue weighted by Gasteiger charge is -2.27. The quantitative estimate of drug-likeness (QED) is 0.168. The Hall–Kier alpha value is -7.40. The molecule has 0 bridgehead atoms. The van der Waals surface area contributed by atoms with Crippen molar-refractivity contribution in [3.8, 4) is 27.9 Å². The van der Waals surface area contributed by atoms with Gasteiger partial charge in [-0.25, -0.2) is 0 Å². The van der Waals surface area contributed by atoms with Crippen LogP contribution < -0.4 is 4.90 Å². The average molecular weight is 759 g/mol. The van der Waals surface area contributed by atoms with Gasteiger partial charge in [0.1, 0.15) is 11.2 Å². The number of fused-ring (bicyclic) bond motifs is 9. The number of rotatable bonds is 6. The van der Waals surface area contributed by atoms with Crippen LogP contribution in [0.4, 0.5) is 17.1 Å². The molecule has 12 rings (SSSR count). The fraction of sp³-hybridized carbons (Fsp3) is 0. The molecular formula is C54H34N2OS. The van der Waals surface area contributed by atoms with Gasteiger partial charge in [-0.15, -0.1) is 11.3 Å². The molecule has 272 valence electrons. The highest BCUT2D eigenvalue weighted by atomic mass is 32.1. The summed E-state index contributed by atoms with van der Waals surface area (Å²) in [4.78, 5) is 2.42. The Morgan fingerprint density at radius 1 is 0.397 bits per heavy atom. The summed E-state index contributed by atoms with van der Waals surface area (Å²) < 4.78 is 11.4. The molecule has 12 aromatic rings. The SMILES string of the molecule is c1ccc(-n2c3ccccc3c3ccccc32)c(-c2ccc(-c3ccc(N(c4cccc5c4sc4ccccc45)c4cccc5oc6ccccc6c45)cc3)cc2)c1. The summed E-state index contributed by atoms with van der Waals surface area (Å²) in [5, 5.41) is 7.30. The zero-order valence-corrected chi connectivity index (χ0v) is 32.2. The first-order valence-corrected chi connectivity index (χ1v) is 20.5. The fourth-order valence-corrected chi connectivity index (χ4v) is 10.2. The van der Waals surface area contributed by atoms with E-state index in [1.165, 1.54) is 64.4 Å². The molecule has 0 saturated carbocycles. The molecule has 0 N–H and O–H groups in total. The third-order valence-electron chi connectivity index (χ3n) is 11.6. The van der Waals surface area contributed by atoms with Crippen molar-refractivity contribution in [3.05, 3.63) is 206 Å². The monoisotopic (exact) mass is 758 g/mol. The number of anilines is 3. The molecule has 0 radical (unpaired) electrons. The second-order valence-electron chi connectivity index (χ2n) is 14.8. The van der Waals surface area contributed by atoms with Crippen LogP contribution in [-0.2, 0) is 0 Å². The van der Waals surface area contributed by atoms with E-state index in [-0.39, 0.29) is 0 Å². The van der Waals surface area contributed by atoms with Gasteiger partial charge in [0.05, 0.1) is 38.2 Å². The van der Waals surface area contributed by atoms with Crippen LogP contribution in [0.2, 0.25) is 0 Å². The summed E-state index contributed by atoms with van der Waals surface area (Å²) in [5.74, 6) is 0. The maximum Gasteiger partial charge on any atom is 0.137 e. The Labute approximate surface area is 338 Å². The molecule has 9 aromatic carbocycles. The molecule has 0 aliphatic rings. The number of nitrogens with zero attached hydrogens (tertiary/aromatic N) is 2. The molecule has 0 saturated heterocycles. The Balaban J connectivity index is 0.963. The topological polar surface area (TPSA) is 21.3 Å². The van der Waals surface area contributed by atoms with Gasteiger partial charge in [0, 0.05) is 42.9 Å². The van der Waals surface area contributed by atoms with Crippen molar-refractivity contribution in [3.63, 3.8) is 0 Å². The molecule has 0 fully saturated rings. The van der Waals surface area contributed by atoms with Crippen molar-refractivity contribution in [2.75, 3.05) is 4.90 Å². The van der Waals surface area contributed by atoms with E-state index in [1.807, 2.05) is 17.4 Å². The summed E-state index contributed by atoms with van der Waals surface area (Å²) in [5.41, 5.74) is 13.4. The molecule has 3 nitrogen and oxygen atoms in total. The Morgan fingerprint density at radius 3 is 1.72 bits per heavy atom. The Kier molecular flexibility index (Phi) is 7.40. The van der Waals surface area contributed by atoms with Gasteiger partial charge in [0.2, 0.25) is 0 Å². The van der Waals surface area contributed by atoms with Crippen LogP contribution in [0.5, 0.6) is 0 Å². The van der Waals surface area contributed by atoms with Gasteiger partial charge in [0.15, 0.2) is 0 Å². The maximum atomic E-state index is 6.41. The minimum atomic E-state index is 0.878. The van der Waals surface area contributed by atoms with E-state index < -0.39 is 0 Å². The van der Waals surface area contributed by atoms with Crippen molar-refractivity contribution in [1.29, 1.82) is 0 Å². The lowest BCUT2D eigenvalue weighted by Crippen LogP contribution is -2.10. The Morgan fingerprint density at radius 2 is 0.948 bits per heavy atom. The van der Waals surface area contributed by atoms with Crippen LogP contribution in [0.15, 0.2) is 211 Å². The first kappa shape index (κ1) is 32.8. The zero-order valence-electron chi connectivity index (χ0n) is 31.3. The fourth-order valence-electron chi connectivity index (χ4n) is 9.00. The van der Waals surface area contributed by atoms with E-state index in [4.69, 9.17) is 4.42 Å². The van der Waals surface area contributed by atoms with Crippen molar-refractivity contribution < 1.29 is 4.42 Å². The number of benzene rings is 9. The van der Waals surface area contributed by atoms with Crippen molar-refractivity contribution in [2.24, 2.45) is 0 Å². The van der Waals surface area contributed by atoms with Crippen LogP contribution >= 0.6 is 11.3 Å². The number of aromatic nitrogens is 1. The van der Waals surface area contributed by atoms with Crippen molar-refractivity contribution >= 4 is 92.3 Å². The molecule has 0 amide bonds. The van der Waals surface area contributed by atoms with Gasteiger partial charge in [0.25, 0.3) is 0 Å². The van der Waals surface area contributed by atoms with E-state index >= 15 is 0 Å². The van der Waals surface area contributed by atoms with Crippen LogP contribution in [-0.4, -0.2) is 4.57 Å². The predicted octanol–water partition coefficient (Wildman–Crippen LogP) is 15.9. The summed E-state index contributed by atoms with van der Waals surface area (Å²) in [6, 6.07) is 74.3. The summed E-state index contributed by atoms with van der Waals surface area (Å²) in [6.45, 7) is 0. The molecule has 3 heterocycles. The van der Waals surface area contributed by atoms with Gasteiger partial charge in [-0.1, -0.05) is 146 Å². The summed E-state index contributed by atoms with van der Waals surface area (Å²) >= 11 is 1.85. The molecule has 4 heteroatoms. The molecular weight excluding hydrogens is 725 g/mol. The highest BCUT2D eigenvalue weighted by molar-refractivity contribution is 7.26. The van der Waals surface area contributed by atoms with Crippen LogP contribution in [0.1, 0.15) is 0 Å². The molecule has 0 aliphatic heterocycles. The van der Waals surface area contributed by atoms with Crippen molar-refractivity contribution in [1.82, 2.24) is 4.57 Å². The van der Waals surface area contributed by atoms with E-state index in [0.717, 1.165) is 44.6 Å². The first-order valence-electron chi connectivity index (χ1n) is 19.7. The first-order chi connectivity index (χ1) is 28.8. The normalized spacial score (nSPS) is 11.8. The third-order valence-corrected chi connectivity index (χ3v) is 12.8. The summed E-state index contributed by atoms with van der Waals surface area (Å²) in [7, 11) is 0. The number of hydrogen-bond donors (Lipinski definition) is 0. The lowest BCUT2D eigenvalue weighted by atomic mass is 9.98. The lowest BCUT2D eigenvalue weighted by molar-refractivity contribution is 0.669. The van der Waals surface area contributed by atoms with E-state index in [0.29, 0.717) is 0 Å². The van der Waals surface area contributed by atoms with Gasteiger partial charge in [-0.3, -0.25) is 0 Å². The second-order valence-corrected chi connectivity index (χ2v) is 15.9. The minimum Gasteiger partial charge on any atom is -0.456 e. The summed E-state index contributed by atoms with van der Waals surface area (Å²) in [6.07, 6.45) is 0. The van der Waals surface area contributed by atoms with Gasteiger partial charge < -0.3 is 13.9 Å². The second kappa shape index (κ2) is 13.1. The number of furan rings is 1. The molecule has 3 aromatic heterocycles. The van der Waals surface area contributed by atoms with Crippen LogP contribution in [0.25, 0.3) is 91.9 Å². The van der Waals surface area contributed by atoms with E-state index in [2.05, 4.69) is 210 Å². The smallest absolute Gasteiger partial charge is 0.137 e. The molecule has 0 spiro atoms.